The van der Waals surface area contributed by atoms with Gasteiger partial charge in [0.15, 0.2) is 11.9 Å². The quantitative estimate of drug-likeness (QED) is 0.346. The number of piperidine rings is 1. The van der Waals surface area contributed by atoms with Crippen molar-refractivity contribution in [3.8, 4) is 0 Å². The number of anilines is 1. The molecular weight excluding hydrogens is 544 g/mol. The number of aromatic nitrogens is 3. The predicted octanol–water partition coefficient (Wildman–Crippen LogP) is 4.94. The van der Waals surface area contributed by atoms with E-state index in [9.17, 15) is 27.2 Å². The molecule has 3 aromatic rings. The van der Waals surface area contributed by atoms with E-state index < -0.39 is 23.2 Å². The van der Waals surface area contributed by atoms with E-state index >= 15 is 0 Å². The van der Waals surface area contributed by atoms with Gasteiger partial charge in [0.2, 0.25) is 0 Å². The first kappa shape index (κ1) is 30.2. The van der Waals surface area contributed by atoms with Crippen molar-refractivity contribution < 1.29 is 31.9 Å². The molecule has 41 heavy (non-hydrogen) atoms. The number of hydrogen-bond donors (Lipinski definition) is 1. The fourth-order valence-corrected chi connectivity index (χ4v) is 5.26. The van der Waals surface area contributed by atoms with E-state index in [0.29, 0.717) is 18.0 Å². The molecule has 5 rings (SSSR count). The van der Waals surface area contributed by atoms with Gasteiger partial charge in [0.25, 0.3) is 0 Å². The molecule has 0 saturated carbocycles. The van der Waals surface area contributed by atoms with Crippen LogP contribution in [0.15, 0.2) is 36.8 Å². The highest BCUT2D eigenvalue weighted by Crippen LogP contribution is 2.36. The average Bonchev–Trinajstić information content (AvgIpc) is 3.55. The van der Waals surface area contributed by atoms with Gasteiger partial charge in [-0.05, 0) is 58.7 Å². The van der Waals surface area contributed by atoms with E-state index in [1.54, 1.807) is 17.8 Å². The number of amides is 1. The Morgan fingerprint density at radius 1 is 1.20 bits per heavy atom. The van der Waals surface area contributed by atoms with Crippen molar-refractivity contribution in [1.82, 2.24) is 24.8 Å². The van der Waals surface area contributed by atoms with Gasteiger partial charge < -0.3 is 19.9 Å². The minimum Gasteiger partial charge on any atom is -0.444 e. The molecule has 2 aliphatic rings. The SMILES string of the molecule is CC(C)(C)OC(=O)N1CCC2CCN(c3cc(C=O)cn4ncnc34)CC21.CNCc1cccc(C(F)(F)F)c1F. The summed E-state index contributed by atoms with van der Waals surface area (Å²) in [5, 5.41) is 6.76. The Kier molecular flexibility index (Phi) is 8.86. The summed E-state index contributed by atoms with van der Waals surface area (Å²) in [5.74, 6) is -0.716. The summed E-state index contributed by atoms with van der Waals surface area (Å²) in [4.78, 5) is 32.4. The molecule has 1 aromatic carbocycles. The van der Waals surface area contributed by atoms with Crippen LogP contribution in [-0.2, 0) is 17.5 Å². The summed E-state index contributed by atoms with van der Waals surface area (Å²) in [6, 6.07) is 5.20. The molecule has 0 bridgehead atoms. The third-order valence-electron chi connectivity index (χ3n) is 7.10. The fourth-order valence-electron chi connectivity index (χ4n) is 5.26. The van der Waals surface area contributed by atoms with E-state index in [0.717, 1.165) is 49.6 Å². The van der Waals surface area contributed by atoms with Crippen LogP contribution in [0.1, 0.15) is 55.1 Å². The van der Waals surface area contributed by atoms with Gasteiger partial charge in [-0.3, -0.25) is 4.79 Å². The second-order valence-corrected chi connectivity index (χ2v) is 11.1. The summed E-state index contributed by atoms with van der Waals surface area (Å²) in [6.45, 7) is 8.04. The molecule has 0 aliphatic carbocycles. The lowest BCUT2D eigenvalue weighted by Crippen LogP contribution is -2.51. The van der Waals surface area contributed by atoms with E-state index in [1.165, 1.54) is 18.5 Å². The predicted molar refractivity (Wildman–Crippen MR) is 144 cm³/mol. The maximum absolute atomic E-state index is 13.2. The van der Waals surface area contributed by atoms with Gasteiger partial charge in [0.1, 0.15) is 17.7 Å². The van der Waals surface area contributed by atoms with Crippen LogP contribution in [0.4, 0.5) is 28.0 Å². The Labute approximate surface area is 235 Å². The Balaban J connectivity index is 0.000000234. The number of hydrogen-bond acceptors (Lipinski definition) is 7. The zero-order valence-corrected chi connectivity index (χ0v) is 23.4. The Morgan fingerprint density at radius 2 is 1.93 bits per heavy atom. The standard InChI is InChI=1S/C19H25N5O3.C9H9F4N/c1-19(2,3)27-18(26)23-7-5-14-4-6-22(10-16(14)23)15-8-13(11-25)9-24-17(15)20-12-21-24;1-14-5-6-3-2-4-7(8(6)10)9(11,12)13/h8-9,11-12,14,16H,4-7,10H2,1-3H3;2-4,14H,5H2,1H3. The largest absolute Gasteiger partial charge is 0.444 e. The summed E-state index contributed by atoms with van der Waals surface area (Å²) in [6.07, 6.45) is 1.11. The molecule has 1 N–H and O–H groups in total. The number of alkyl halides is 3. The Morgan fingerprint density at radius 3 is 2.59 bits per heavy atom. The minimum absolute atomic E-state index is 0.0160. The zero-order chi connectivity index (χ0) is 29.9. The van der Waals surface area contributed by atoms with Crippen molar-refractivity contribution in [2.24, 2.45) is 5.92 Å². The third kappa shape index (κ3) is 6.95. The van der Waals surface area contributed by atoms with Gasteiger partial charge in [-0.1, -0.05) is 12.1 Å². The average molecular weight is 579 g/mol. The van der Waals surface area contributed by atoms with E-state index in [1.807, 2.05) is 31.7 Å². The maximum atomic E-state index is 13.2. The normalized spacial score (nSPS) is 19.0. The summed E-state index contributed by atoms with van der Waals surface area (Å²) in [7, 11) is 1.54. The second kappa shape index (κ2) is 12.0. The monoisotopic (exact) mass is 578 g/mol. The van der Waals surface area contributed by atoms with Gasteiger partial charge in [-0.25, -0.2) is 18.7 Å². The van der Waals surface area contributed by atoms with Crippen molar-refractivity contribution >= 4 is 23.7 Å². The number of likely N-dealkylation sites (tertiary alicyclic amines) is 1. The first-order chi connectivity index (χ1) is 19.3. The van der Waals surface area contributed by atoms with Crippen molar-refractivity contribution in [3.05, 3.63) is 59.3 Å². The molecule has 2 fully saturated rings. The first-order valence-corrected chi connectivity index (χ1v) is 13.3. The van der Waals surface area contributed by atoms with Crippen LogP contribution < -0.4 is 10.2 Å². The Bertz CT molecular complexity index is 1390. The molecule has 2 unspecified atom stereocenters. The third-order valence-corrected chi connectivity index (χ3v) is 7.10. The highest BCUT2D eigenvalue weighted by molar-refractivity contribution is 5.81. The molecule has 4 heterocycles. The van der Waals surface area contributed by atoms with Gasteiger partial charge in [-0.15, -0.1) is 0 Å². The number of nitrogens with one attached hydrogen (secondary N) is 1. The molecule has 0 spiro atoms. The van der Waals surface area contributed by atoms with Crippen molar-refractivity contribution in [2.75, 3.05) is 31.6 Å². The molecular formula is C28H34F4N6O3. The summed E-state index contributed by atoms with van der Waals surface area (Å²) >= 11 is 0. The lowest BCUT2D eigenvalue weighted by Gasteiger charge is -2.39. The lowest BCUT2D eigenvalue weighted by atomic mass is 9.92. The smallest absolute Gasteiger partial charge is 0.419 e. The molecule has 0 radical (unpaired) electrons. The van der Waals surface area contributed by atoms with E-state index in [-0.39, 0.29) is 24.2 Å². The lowest BCUT2D eigenvalue weighted by molar-refractivity contribution is -0.140. The molecule has 9 nitrogen and oxygen atoms in total. The van der Waals surface area contributed by atoms with Gasteiger partial charge >= 0.3 is 12.3 Å². The van der Waals surface area contributed by atoms with E-state index in [2.05, 4.69) is 20.3 Å². The van der Waals surface area contributed by atoms with Gasteiger partial charge in [0, 0.05) is 43.5 Å². The second-order valence-electron chi connectivity index (χ2n) is 11.1. The number of aldehydes is 1. The zero-order valence-electron chi connectivity index (χ0n) is 23.4. The molecule has 1 amide bonds. The highest BCUT2D eigenvalue weighted by Gasteiger charge is 2.42. The number of rotatable bonds is 4. The van der Waals surface area contributed by atoms with Crippen LogP contribution in [0.3, 0.4) is 0 Å². The van der Waals surface area contributed by atoms with Crippen LogP contribution in [0.25, 0.3) is 5.65 Å². The first-order valence-electron chi connectivity index (χ1n) is 13.3. The number of carbonyl (C=O) groups excluding carboxylic acids is 2. The number of nitrogens with zero attached hydrogens (tertiary/aromatic N) is 5. The number of ether oxygens (including phenoxy) is 1. The molecule has 2 atom stereocenters. The van der Waals surface area contributed by atoms with Crippen LogP contribution in [0.2, 0.25) is 0 Å². The van der Waals surface area contributed by atoms with Crippen LogP contribution in [0, 0.1) is 11.7 Å². The number of halogens is 4. The molecule has 13 heteroatoms. The van der Waals surface area contributed by atoms with Crippen LogP contribution in [0.5, 0.6) is 0 Å². The van der Waals surface area contributed by atoms with Gasteiger partial charge in [0.05, 0.1) is 17.3 Å². The number of fused-ring (bicyclic) bond motifs is 2. The number of benzene rings is 1. The molecule has 2 aromatic heterocycles. The highest BCUT2D eigenvalue weighted by atomic mass is 19.4. The van der Waals surface area contributed by atoms with Crippen molar-refractivity contribution in [3.63, 3.8) is 0 Å². The minimum atomic E-state index is -4.63. The topological polar surface area (TPSA) is 92.1 Å². The van der Waals surface area contributed by atoms with Crippen LogP contribution in [-0.4, -0.2) is 70.2 Å². The fraction of sp³-hybridized carbons (Fsp3) is 0.500. The molecule has 2 saturated heterocycles. The number of carbonyl (C=O) groups is 2. The number of pyridine rings is 1. The van der Waals surface area contributed by atoms with Crippen molar-refractivity contribution in [2.45, 2.75) is 58.0 Å². The molecule has 2 aliphatic heterocycles. The van der Waals surface area contributed by atoms with E-state index in [4.69, 9.17) is 4.74 Å². The maximum Gasteiger partial charge on any atom is 0.419 e. The molecule has 222 valence electrons. The Hall–Kier alpha value is -3.74. The summed E-state index contributed by atoms with van der Waals surface area (Å²) in [5.41, 5.74) is 0.454. The van der Waals surface area contributed by atoms with Gasteiger partial charge in [-0.2, -0.15) is 18.3 Å². The van der Waals surface area contributed by atoms with Crippen molar-refractivity contribution in [1.29, 1.82) is 0 Å². The van der Waals surface area contributed by atoms with Crippen LogP contribution >= 0.6 is 0 Å². The summed E-state index contributed by atoms with van der Waals surface area (Å²) < 4.78 is 57.1.